The van der Waals surface area contributed by atoms with Gasteiger partial charge in [0, 0.05) is 6.42 Å². The first-order valence-corrected chi connectivity index (χ1v) is 4.11. The molecule has 0 N–H and O–H groups in total. The van der Waals surface area contributed by atoms with Gasteiger partial charge in [0.1, 0.15) is 5.76 Å². The van der Waals surface area contributed by atoms with Crippen LogP contribution in [0.4, 0.5) is 0 Å². The number of hydrogen-bond acceptors (Lipinski definition) is 1. The van der Waals surface area contributed by atoms with Crippen LogP contribution in [-0.4, -0.2) is 0 Å². The van der Waals surface area contributed by atoms with E-state index in [0.29, 0.717) is 0 Å². The molecule has 1 aromatic rings. The van der Waals surface area contributed by atoms with Gasteiger partial charge in [-0.3, -0.25) is 0 Å². The summed E-state index contributed by atoms with van der Waals surface area (Å²) < 4.78 is 5.18. The van der Waals surface area contributed by atoms with Gasteiger partial charge in [0.15, 0.2) is 0 Å². The van der Waals surface area contributed by atoms with Crippen molar-refractivity contribution in [3.63, 3.8) is 0 Å². The number of furan rings is 1. The molecule has 0 aliphatic carbocycles. The Balaban J connectivity index is 2.19. The van der Waals surface area contributed by atoms with Crippen LogP contribution in [0.15, 0.2) is 35.0 Å². The fourth-order valence-electron chi connectivity index (χ4n) is 0.965. The van der Waals surface area contributed by atoms with Gasteiger partial charge < -0.3 is 4.42 Å². The molecule has 1 heterocycles. The number of hydrogen-bond donors (Lipinski definition) is 0. The largest absolute Gasteiger partial charge is 0.469 e. The third-order valence-corrected chi connectivity index (χ3v) is 1.54. The molecule has 0 saturated carbocycles. The predicted octanol–water partition coefficient (Wildman–Crippen LogP) is 3.18. The van der Waals surface area contributed by atoms with E-state index >= 15 is 0 Å². The van der Waals surface area contributed by atoms with E-state index in [0.717, 1.165) is 25.0 Å². The number of allylic oxidation sites excluding steroid dienone is 2. The molecule has 60 valence electrons. The zero-order valence-electron chi connectivity index (χ0n) is 6.92. The summed E-state index contributed by atoms with van der Waals surface area (Å²) in [6, 6.07) is 3.94. The number of aryl methyl sites for hydroxylation is 1. The van der Waals surface area contributed by atoms with Gasteiger partial charge in [-0.05, 0) is 25.0 Å². The van der Waals surface area contributed by atoms with Crippen LogP contribution in [0.3, 0.4) is 0 Å². The van der Waals surface area contributed by atoms with E-state index in [9.17, 15) is 0 Å². The van der Waals surface area contributed by atoms with E-state index in [-0.39, 0.29) is 0 Å². The fraction of sp³-hybridized carbons (Fsp3) is 0.400. The molecule has 0 radical (unpaired) electrons. The highest BCUT2D eigenvalue weighted by molar-refractivity contribution is 4.99. The standard InChI is InChI=1S/C10H14O/c1-2-3-4-5-7-10-8-6-9-11-10/h3-4,6,8-9H,2,5,7H2,1H3/b4-3-. The molecule has 11 heavy (non-hydrogen) atoms. The molecule has 1 nitrogen and oxygen atoms in total. The van der Waals surface area contributed by atoms with Crippen molar-refractivity contribution >= 4 is 0 Å². The van der Waals surface area contributed by atoms with Crippen molar-refractivity contribution in [2.24, 2.45) is 0 Å². The highest BCUT2D eigenvalue weighted by atomic mass is 16.3. The number of rotatable bonds is 4. The molecule has 0 aliphatic heterocycles. The molecular formula is C10H14O. The smallest absolute Gasteiger partial charge is 0.104 e. The Labute approximate surface area is 67.7 Å². The summed E-state index contributed by atoms with van der Waals surface area (Å²) in [6.45, 7) is 2.14. The van der Waals surface area contributed by atoms with Crippen molar-refractivity contribution in [3.8, 4) is 0 Å². The first kappa shape index (κ1) is 8.12. The fourth-order valence-corrected chi connectivity index (χ4v) is 0.965. The average Bonchev–Trinajstić information content (AvgIpc) is 2.50. The van der Waals surface area contributed by atoms with Crippen LogP contribution < -0.4 is 0 Å². The third-order valence-electron chi connectivity index (χ3n) is 1.54. The van der Waals surface area contributed by atoms with Gasteiger partial charge in [-0.1, -0.05) is 19.1 Å². The summed E-state index contributed by atoms with van der Waals surface area (Å²) in [7, 11) is 0. The maximum Gasteiger partial charge on any atom is 0.104 e. The molecular weight excluding hydrogens is 136 g/mol. The zero-order chi connectivity index (χ0) is 7.94. The summed E-state index contributed by atoms with van der Waals surface area (Å²) in [4.78, 5) is 0. The first-order chi connectivity index (χ1) is 5.43. The Morgan fingerprint density at radius 1 is 1.45 bits per heavy atom. The van der Waals surface area contributed by atoms with E-state index in [2.05, 4.69) is 19.1 Å². The van der Waals surface area contributed by atoms with E-state index < -0.39 is 0 Å². The van der Waals surface area contributed by atoms with Crippen LogP contribution in [0, 0.1) is 0 Å². The molecule has 0 saturated heterocycles. The average molecular weight is 150 g/mol. The van der Waals surface area contributed by atoms with Gasteiger partial charge in [-0.25, -0.2) is 0 Å². The molecule has 0 amide bonds. The van der Waals surface area contributed by atoms with Gasteiger partial charge in [0.2, 0.25) is 0 Å². The zero-order valence-corrected chi connectivity index (χ0v) is 6.92. The second-order valence-electron chi connectivity index (χ2n) is 2.50. The normalized spacial score (nSPS) is 11.0. The molecule has 0 spiro atoms. The second-order valence-corrected chi connectivity index (χ2v) is 2.50. The third kappa shape index (κ3) is 3.08. The maximum atomic E-state index is 5.18. The summed E-state index contributed by atoms with van der Waals surface area (Å²) in [5, 5.41) is 0. The lowest BCUT2D eigenvalue weighted by molar-refractivity contribution is 0.510. The highest BCUT2D eigenvalue weighted by Gasteiger charge is 1.90. The Morgan fingerprint density at radius 2 is 2.36 bits per heavy atom. The van der Waals surface area contributed by atoms with E-state index in [1.54, 1.807) is 6.26 Å². The molecule has 0 aliphatic rings. The van der Waals surface area contributed by atoms with E-state index in [4.69, 9.17) is 4.42 Å². The van der Waals surface area contributed by atoms with Crippen LogP contribution in [0.25, 0.3) is 0 Å². The SMILES string of the molecule is CC/C=C\CCc1ccco1. The van der Waals surface area contributed by atoms with E-state index in [1.165, 1.54) is 0 Å². The van der Waals surface area contributed by atoms with Crippen LogP contribution in [-0.2, 0) is 6.42 Å². The lowest BCUT2D eigenvalue weighted by Crippen LogP contribution is -1.76. The molecule has 1 aromatic heterocycles. The molecule has 0 bridgehead atoms. The van der Waals surface area contributed by atoms with Gasteiger partial charge in [0.25, 0.3) is 0 Å². The molecule has 1 rings (SSSR count). The van der Waals surface area contributed by atoms with Crippen LogP contribution in [0.2, 0.25) is 0 Å². The van der Waals surface area contributed by atoms with Crippen LogP contribution in [0.5, 0.6) is 0 Å². The molecule has 0 fully saturated rings. The van der Waals surface area contributed by atoms with Crippen LogP contribution >= 0.6 is 0 Å². The molecule has 0 unspecified atom stereocenters. The minimum absolute atomic E-state index is 1.02. The lowest BCUT2D eigenvalue weighted by Gasteiger charge is -1.89. The Morgan fingerprint density at radius 3 is 3.00 bits per heavy atom. The minimum Gasteiger partial charge on any atom is -0.469 e. The topological polar surface area (TPSA) is 13.1 Å². The predicted molar refractivity (Wildman–Crippen MR) is 46.5 cm³/mol. The van der Waals surface area contributed by atoms with Gasteiger partial charge in [-0.15, -0.1) is 0 Å². The molecule has 0 aromatic carbocycles. The molecule has 0 atom stereocenters. The highest BCUT2D eigenvalue weighted by Crippen LogP contribution is 2.03. The van der Waals surface area contributed by atoms with Gasteiger partial charge in [0.05, 0.1) is 6.26 Å². The van der Waals surface area contributed by atoms with Crippen molar-refractivity contribution < 1.29 is 4.42 Å². The van der Waals surface area contributed by atoms with Crippen molar-refractivity contribution in [1.82, 2.24) is 0 Å². The van der Waals surface area contributed by atoms with Gasteiger partial charge in [-0.2, -0.15) is 0 Å². The second kappa shape index (κ2) is 4.78. The Hall–Kier alpha value is -0.980. The Bertz CT molecular complexity index is 197. The minimum atomic E-state index is 1.02. The van der Waals surface area contributed by atoms with E-state index in [1.807, 2.05) is 12.1 Å². The summed E-state index contributed by atoms with van der Waals surface area (Å²) >= 11 is 0. The first-order valence-electron chi connectivity index (χ1n) is 4.11. The van der Waals surface area contributed by atoms with Crippen molar-refractivity contribution in [2.75, 3.05) is 0 Å². The maximum absolute atomic E-state index is 5.18. The monoisotopic (exact) mass is 150 g/mol. The van der Waals surface area contributed by atoms with Crippen molar-refractivity contribution in [1.29, 1.82) is 0 Å². The van der Waals surface area contributed by atoms with Gasteiger partial charge >= 0.3 is 0 Å². The lowest BCUT2D eigenvalue weighted by atomic mass is 10.2. The summed E-state index contributed by atoms with van der Waals surface area (Å²) in [5.74, 6) is 1.07. The molecule has 1 heteroatoms. The van der Waals surface area contributed by atoms with Crippen molar-refractivity contribution in [3.05, 3.63) is 36.3 Å². The van der Waals surface area contributed by atoms with Crippen molar-refractivity contribution in [2.45, 2.75) is 26.2 Å². The van der Waals surface area contributed by atoms with Crippen LogP contribution in [0.1, 0.15) is 25.5 Å². The summed E-state index contributed by atoms with van der Waals surface area (Å²) in [5.41, 5.74) is 0. The quantitative estimate of drug-likeness (QED) is 0.601. The summed E-state index contributed by atoms with van der Waals surface area (Å²) in [6.07, 6.45) is 9.33. The Kier molecular flexibility index (Phi) is 3.53.